The van der Waals surface area contributed by atoms with Gasteiger partial charge in [-0.05, 0) is 13.3 Å². The van der Waals surface area contributed by atoms with E-state index in [9.17, 15) is 0 Å². The molecule has 2 heterocycles. The van der Waals surface area contributed by atoms with Crippen LogP contribution in [0.1, 0.15) is 31.0 Å². The second kappa shape index (κ2) is 6.98. The highest BCUT2D eigenvalue weighted by Gasteiger charge is 2.15. The third kappa shape index (κ3) is 3.52. The SMILES string of the molecule is CCCc1nc(COC)sc1-c1csc(NCC)n1. The van der Waals surface area contributed by atoms with Crippen molar-refractivity contribution in [1.82, 2.24) is 9.97 Å². The van der Waals surface area contributed by atoms with E-state index in [2.05, 4.69) is 34.5 Å². The number of anilines is 1. The highest BCUT2D eigenvalue weighted by atomic mass is 32.1. The first-order valence-electron chi connectivity index (χ1n) is 6.45. The van der Waals surface area contributed by atoms with Gasteiger partial charge in [0.2, 0.25) is 0 Å². The minimum absolute atomic E-state index is 0.575. The maximum Gasteiger partial charge on any atom is 0.183 e. The van der Waals surface area contributed by atoms with Crippen molar-refractivity contribution in [2.24, 2.45) is 0 Å². The van der Waals surface area contributed by atoms with Gasteiger partial charge in [0.05, 0.1) is 22.9 Å². The highest BCUT2D eigenvalue weighted by molar-refractivity contribution is 7.16. The zero-order valence-corrected chi connectivity index (χ0v) is 13.2. The summed E-state index contributed by atoms with van der Waals surface area (Å²) in [4.78, 5) is 10.5. The van der Waals surface area contributed by atoms with Crippen LogP contribution in [0.2, 0.25) is 0 Å². The van der Waals surface area contributed by atoms with Gasteiger partial charge in [0.15, 0.2) is 5.13 Å². The maximum absolute atomic E-state index is 5.17. The maximum atomic E-state index is 5.17. The lowest BCUT2D eigenvalue weighted by Gasteiger charge is -1.97. The van der Waals surface area contributed by atoms with Crippen molar-refractivity contribution >= 4 is 27.8 Å². The van der Waals surface area contributed by atoms with E-state index in [0.29, 0.717) is 6.61 Å². The minimum atomic E-state index is 0.575. The molecule has 0 aliphatic carbocycles. The summed E-state index contributed by atoms with van der Waals surface area (Å²) in [6.45, 7) is 5.72. The Labute approximate surface area is 121 Å². The predicted octanol–water partition coefficient (Wildman–Crippen LogP) is 3.80. The Kier molecular flexibility index (Phi) is 5.30. The van der Waals surface area contributed by atoms with Gasteiger partial charge >= 0.3 is 0 Å². The molecule has 0 atom stereocenters. The Morgan fingerprint density at radius 3 is 2.84 bits per heavy atom. The third-order valence-electron chi connectivity index (χ3n) is 2.56. The Hall–Kier alpha value is -0.980. The van der Waals surface area contributed by atoms with Gasteiger partial charge in [0.25, 0.3) is 0 Å². The van der Waals surface area contributed by atoms with Crippen LogP contribution < -0.4 is 5.32 Å². The molecule has 4 nitrogen and oxygen atoms in total. The number of aromatic nitrogens is 2. The molecule has 1 N–H and O–H groups in total. The number of hydrogen-bond donors (Lipinski definition) is 1. The lowest BCUT2D eigenvalue weighted by Crippen LogP contribution is -1.95. The quantitative estimate of drug-likeness (QED) is 0.844. The lowest BCUT2D eigenvalue weighted by molar-refractivity contribution is 0.184. The van der Waals surface area contributed by atoms with Crippen LogP contribution in [0.5, 0.6) is 0 Å². The number of hydrogen-bond acceptors (Lipinski definition) is 6. The smallest absolute Gasteiger partial charge is 0.183 e. The highest BCUT2D eigenvalue weighted by Crippen LogP contribution is 2.33. The summed E-state index contributed by atoms with van der Waals surface area (Å²) < 4.78 is 5.17. The fraction of sp³-hybridized carbons (Fsp3) is 0.538. The average Bonchev–Trinajstić information content (AvgIpc) is 2.98. The van der Waals surface area contributed by atoms with E-state index in [1.165, 1.54) is 4.88 Å². The van der Waals surface area contributed by atoms with Crippen LogP contribution in [0.3, 0.4) is 0 Å². The summed E-state index contributed by atoms with van der Waals surface area (Å²) in [5, 5.41) is 7.35. The molecule has 2 aromatic rings. The van der Waals surface area contributed by atoms with Gasteiger partial charge in [-0.1, -0.05) is 13.3 Å². The Morgan fingerprint density at radius 1 is 1.32 bits per heavy atom. The Bertz CT molecular complexity index is 522. The number of methoxy groups -OCH3 is 1. The molecule has 0 spiro atoms. The van der Waals surface area contributed by atoms with E-state index in [4.69, 9.17) is 4.74 Å². The lowest BCUT2D eigenvalue weighted by atomic mass is 10.2. The van der Waals surface area contributed by atoms with Crippen molar-refractivity contribution in [1.29, 1.82) is 0 Å². The van der Waals surface area contributed by atoms with Crippen molar-refractivity contribution in [3.05, 3.63) is 16.1 Å². The summed E-state index contributed by atoms with van der Waals surface area (Å²) in [7, 11) is 1.70. The molecular formula is C13H19N3OS2. The fourth-order valence-electron chi connectivity index (χ4n) is 1.80. The summed E-state index contributed by atoms with van der Waals surface area (Å²) in [5.41, 5.74) is 2.18. The fourth-order valence-corrected chi connectivity index (χ4v) is 3.69. The molecule has 19 heavy (non-hydrogen) atoms. The number of ether oxygens (including phenoxy) is 1. The molecular weight excluding hydrogens is 278 g/mol. The number of nitrogens with zero attached hydrogens (tertiary/aromatic N) is 2. The number of aryl methyl sites for hydroxylation is 1. The van der Waals surface area contributed by atoms with Crippen molar-refractivity contribution in [3.8, 4) is 10.6 Å². The van der Waals surface area contributed by atoms with E-state index in [-0.39, 0.29) is 0 Å². The first-order valence-corrected chi connectivity index (χ1v) is 8.15. The Morgan fingerprint density at radius 2 is 2.16 bits per heavy atom. The van der Waals surface area contributed by atoms with Crippen LogP contribution in [-0.4, -0.2) is 23.6 Å². The molecule has 2 aromatic heterocycles. The van der Waals surface area contributed by atoms with Gasteiger partial charge in [0.1, 0.15) is 5.01 Å². The number of thiazole rings is 2. The molecule has 104 valence electrons. The molecule has 6 heteroatoms. The first kappa shape index (κ1) is 14.4. The van der Waals surface area contributed by atoms with Gasteiger partial charge in [-0.3, -0.25) is 0 Å². The van der Waals surface area contributed by atoms with Crippen LogP contribution in [0, 0.1) is 0 Å². The molecule has 0 unspecified atom stereocenters. The normalized spacial score (nSPS) is 10.9. The number of nitrogens with one attached hydrogen (secondary N) is 1. The van der Waals surface area contributed by atoms with Gasteiger partial charge in [-0.15, -0.1) is 22.7 Å². The van der Waals surface area contributed by atoms with Crippen LogP contribution in [-0.2, 0) is 17.8 Å². The monoisotopic (exact) mass is 297 g/mol. The van der Waals surface area contributed by atoms with Crippen LogP contribution in [0.4, 0.5) is 5.13 Å². The van der Waals surface area contributed by atoms with Crippen molar-refractivity contribution in [2.45, 2.75) is 33.3 Å². The van der Waals surface area contributed by atoms with Crippen LogP contribution in [0.15, 0.2) is 5.38 Å². The van der Waals surface area contributed by atoms with E-state index in [0.717, 1.165) is 40.9 Å². The molecule has 0 aliphatic rings. The van der Waals surface area contributed by atoms with E-state index < -0.39 is 0 Å². The minimum Gasteiger partial charge on any atom is -0.378 e. The van der Waals surface area contributed by atoms with Gasteiger partial charge < -0.3 is 10.1 Å². The first-order chi connectivity index (χ1) is 9.28. The molecule has 0 amide bonds. The zero-order valence-electron chi connectivity index (χ0n) is 11.5. The molecule has 0 radical (unpaired) electrons. The summed E-state index contributed by atoms with van der Waals surface area (Å²) in [6.07, 6.45) is 2.08. The number of rotatable bonds is 7. The standard InChI is InChI=1S/C13H19N3OS2/c1-4-6-9-12(19-11(15-9)7-17-3)10-8-18-13(16-10)14-5-2/h8H,4-7H2,1-3H3,(H,14,16). The topological polar surface area (TPSA) is 47.0 Å². The molecule has 0 bridgehead atoms. The Balaban J connectivity index is 2.29. The van der Waals surface area contributed by atoms with Gasteiger partial charge in [-0.2, -0.15) is 0 Å². The molecule has 0 saturated carbocycles. The zero-order chi connectivity index (χ0) is 13.7. The largest absolute Gasteiger partial charge is 0.378 e. The predicted molar refractivity (Wildman–Crippen MR) is 82.1 cm³/mol. The molecule has 2 rings (SSSR count). The third-order valence-corrected chi connectivity index (χ3v) is 4.45. The van der Waals surface area contributed by atoms with Crippen molar-refractivity contribution in [3.63, 3.8) is 0 Å². The van der Waals surface area contributed by atoms with E-state index in [1.54, 1.807) is 29.8 Å². The summed E-state index contributed by atoms with van der Waals surface area (Å²) in [5.74, 6) is 0. The van der Waals surface area contributed by atoms with Crippen LogP contribution >= 0.6 is 22.7 Å². The van der Waals surface area contributed by atoms with Gasteiger partial charge in [0, 0.05) is 19.0 Å². The van der Waals surface area contributed by atoms with E-state index >= 15 is 0 Å². The molecule has 0 fully saturated rings. The van der Waals surface area contributed by atoms with Gasteiger partial charge in [-0.25, -0.2) is 9.97 Å². The van der Waals surface area contributed by atoms with E-state index in [1.807, 2.05) is 0 Å². The van der Waals surface area contributed by atoms with Crippen molar-refractivity contribution < 1.29 is 4.74 Å². The second-order valence-corrected chi connectivity index (χ2v) is 6.08. The molecule has 0 saturated heterocycles. The van der Waals surface area contributed by atoms with Crippen LogP contribution in [0.25, 0.3) is 10.6 Å². The second-order valence-electron chi connectivity index (χ2n) is 4.13. The average molecular weight is 297 g/mol. The van der Waals surface area contributed by atoms with Crippen molar-refractivity contribution in [2.75, 3.05) is 19.0 Å². The summed E-state index contributed by atoms with van der Waals surface area (Å²) >= 11 is 3.33. The summed E-state index contributed by atoms with van der Waals surface area (Å²) in [6, 6.07) is 0. The molecule has 0 aromatic carbocycles. The molecule has 0 aliphatic heterocycles.